The first-order chi connectivity index (χ1) is 13.5. The van der Waals surface area contributed by atoms with Gasteiger partial charge >= 0.3 is 0 Å². The second-order valence-corrected chi connectivity index (χ2v) is 6.41. The molecule has 0 unspecified atom stereocenters. The topological polar surface area (TPSA) is 72.5 Å². The SMILES string of the molecule is COc1cccc(NC(=O)c2ccc(Nc3ccccc3OC(C)C)cn2)c1. The lowest BCUT2D eigenvalue weighted by atomic mass is 10.2. The second-order valence-electron chi connectivity index (χ2n) is 6.41. The first kappa shape index (κ1) is 19.2. The van der Waals surface area contributed by atoms with E-state index in [0.717, 1.165) is 17.1 Å². The van der Waals surface area contributed by atoms with Crippen LogP contribution in [0.25, 0.3) is 0 Å². The van der Waals surface area contributed by atoms with Gasteiger partial charge < -0.3 is 20.1 Å². The molecule has 144 valence electrons. The molecule has 2 N–H and O–H groups in total. The third-order valence-corrected chi connectivity index (χ3v) is 3.85. The summed E-state index contributed by atoms with van der Waals surface area (Å²) in [5, 5.41) is 6.08. The summed E-state index contributed by atoms with van der Waals surface area (Å²) in [6, 6.07) is 18.3. The quantitative estimate of drug-likeness (QED) is 0.614. The molecule has 0 aliphatic carbocycles. The highest BCUT2D eigenvalue weighted by atomic mass is 16.5. The molecule has 3 rings (SSSR count). The highest BCUT2D eigenvalue weighted by Crippen LogP contribution is 2.28. The van der Waals surface area contributed by atoms with Crippen molar-refractivity contribution < 1.29 is 14.3 Å². The van der Waals surface area contributed by atoms with Crippen LogP contribution in [0.4, 0.5) is 17.1 Å². The van der Waals surface area contributed by atoms with Crippen molar-refractivity contribution in [3.8, 4) is 11.5 Å². The minimum absolute atomic E-state index is 0.0729. The summed E-state index contributed by atoms with van der Waals surface area (Å²) >= 11 is 0. The number of pyridine rings is 1. The Labute approximate surface area is 164 Å². The summed E-state index contributed by atoms with van der Waals surface area (Å²) in [7, 11) is 1.58. The Kier molecular flexibility index (Phi) is 6.11. The average molecular weight is 377 g/mol. The Morgan fingerprint density at radius 2 is 1.82 bits per heavy atom. The monoisotopic (exact) mass is 377 g/mol. The zero-order chi connectivity index (χ0) is 19.9. The standard InChI is InChI=1S/C22H23N3O3/c1-15(2)28-21-10-5-4-9-19(21)24-17-11-12-20(23-14-17)22(26)25-16-7-6-8-18(13-16)27-3/h4-15,24H,1-3H3,(H,25,26). The third-order valence-electron chi connectivity index (χ3n) is 3.85. The van der Waals surface area contributed by atoms with Crippen LogP contribution in [0.1, 0.15) is 24.3 Å². The number of aromatic nitrogens is 1. The number of para-hydroxylation sites is 2. The number of rotatable bonds is 7. The van der Waals surface area contributed by atoms with Crippen LogP contribution >= 0.6 is 0 Å². The summed E-state index contributed by atoms with van der Waals surface area (Å²) in [6.45, 7) is 3.96. The fraction of sp³-hybridized carbons (Fsp3) is 0.182. The fourth-order valence-electron chi connectivity index (χ4n) is 2.58. The van der Waals surface area contributed by atoms with Crippen LogP contribution in [-0.2, 0) is 0 Å². The molecule has 1 aromatic heterocycles. The summed E-state index contributed by atoms with van der Waals surface area (Å²) in [4.78, 5) is 16.7. The first-order valence-corrected chi connectivity index (χ1v) is 8.99. The van der Waals surface area contributed by atoms with Gasteiger partial charge in [-0.2, -0.15) is 0 Å². The van der Waals surface area contributed by atoms with Gasteiger partial charge in [-0.25, -0.2) is 4.98 Å². The van der Waals surface area contributed by atoms with Crippen molar-refractivity contribution in [3.05, 3.63) is 72.6 Å². The van der Waals surface area contributed by atoms with Crippen LogP contribution < -0.4 is 20.1 Å². The van der Waals surface area contributed by atoms with E-state index in [2.05, 4.69) is 15.6 Å². The maximum absolute atomic E-state index is 12.4. The molecule has 2 aromatic carbocycles. The molecular formula is C22H23N3O3. The maximum atomic E-state index is 12.4. The Hall–Kier alpha value is -3.54. The zero-order valence-electron chi connectivity index (χ0n) is 16.1. The van der Waals surface area contributed by atoms with E-state index in [0.29, 0.717) is 17.1 Å². The molecule has 1 heterocycles. The Balaban J connectivity index is 1.69. The number of anilines is 3. The molecule has 0 aliphatic heterocycles. The number of benzene rings is 2. The van der Waals surface area contributed by atoms with Crippen LogP contribution in [0.15, 0.2) is 66.9 Å². The molecule has 1 amide bonds. The molecule has 0 atom stereocenters. The molecule has 6 nitrogen and oxygen atoms in total. The van der Waals surface area contributed by atoms with Crippen molar-refractivity contribution in [1.29, 1.82) is 0 Å². The van der Waals surface area contributed by atoms with E-state index < -0.39 is 0 Å². The van der Waals surface area contributed by atoms with Gasteiger partial charge in [-0.05, 0) is 50.2 Å². The fourth-order valence-corrected chi connectivity index (χ4v) is 2.58. The lowest BCUT2D eigenvalue weighted by Gasteiger charge is -2.15. The summed E-state index contributed by atoms with van der Waals surface area (Å²) in [5.41, 5.74) is 2.57. The van der Waals surface area contributed by atoms with Crippen molar-refractivity contribution >= 4 is 23.0 Å². The van der Waals surface area contributed by atoms with Crippen LogP contribution in [0.5, 0.6) is 11.5 Å². The van der Waals surface area contributed by atoms with Gasteiger partial charge in [-0.1, -0.05) is 18.2 Å². The summed E-state index contributed by atoms with van der Waals surface area (Å²) < 4.78 is 11.0. The van der Waals surface area contributed by atoms with Gasteiger partial charge in [0.25, 0.3) is 5.91 Å². The highest BCUT2D eigenvalue weighted by molar-refractivity contribution is 6.03. The van der Waals surface area contributed by atoms with Crippen molar-refractivity contribution in [2.75, 3.05) is 17.7 Å². The molecule has 28 heavy (non-hydrogen) atoms. The minimum atomic E-state index is -0.289. The molecular weight excluding hydrogens is 354 g/mol. The van der Waals surface area contributed by atoms with Crippen molar-refractivity contribution in [1.82, 2.24) is 4.98 Å². The molecule has 0 saturated carbocycles. The van der Waals surface area contributed by atoms with E-state index in [9.17, 15) is 4.79 Å². The van der Waals surface area contributed by atoms with Gasteiger partial charge in [0.2, 0.25) is 0 Å². The first-order valence-electron chi connectivity index (χ1n) is 8.99. The van der Waals surface area contributed by atoms with Crippen LogP contribution in [0, 0.1) is 0 Å². The van der Waals surface area contributed by atoms with E-state index in [1.807, 2.05) is 50.2 Å². The minimum Gasteiger partial charge on any atom is -0.497 e. The van der Waals surface area contributed by atoms with E-state index in [1.54, 1.807) is 37.6 Å². The Morgan fingerprint density at radius 3 is 2.54 bits per heavy atom. The number of carbonyl (C=O) groups is 1. The van der Waals surface area contributed by atoms with Gasteiger partial charge in [0, 0.05) is 11.8 Å². The van der Waals surface area contributed by atoms with Crippen molar-refractivity contribution in [2.24, 2.45) is 0 Å². The lowest BCUT2D eigenvalue weighted by Crippen LogP contribution is -2.13. The normalized spacial score (nSPS) is 10.4. The summed E-state index contributed by atoms with van der Waals surface area (Å²) in [6.07, 6.45) is 1.69. The maximum Gasteiger partial charge on any atom is 0.274 e. The predicted molar refractivity (Wildman–Crippen MR) is 111 cm³/mol. The molecule has 0 radical (unpaired) electrons. The number of nitrogens with one attached hydrogen (secondary N) is 2. The van der Waals surface area contributed by atoms with E-state index in [4.69, 9.17) is 9.47 Å². The van der Waals surface area contributed by atoms with Crippen molar-refractivity contribution in [2.45, 2.75) is 20.0 Å². The van der Waals surface area contributed by atoms with Gasteiger partial charge in [-0.15, -0.1) is 0 Å². The number of amides is 1. The average Bonchev–Trinajstić information content (AvgIpc) is 2.70. The Bertz CT molecular complexity index is 940. The molecule has 0 saturated heterocycles. The lowest BCUT2D eigenvalue weighted by molar-refractivity contribution is 0.102. The second kappa shape index (κ2) is 8.90. The number of carbonyl (C=O) groups excluding carboxylic acids is 1. The predicted octanol–water partition coefficient (Wildman–Crippen LogP) is 4.87. The van der Waals surface area contributed by atoms with Gasteiger partial charge in [0.1, 0.15) is 17.2 Å². The molecule has 0 aliphatic rings. The highest BCUT2D eigenvalue weighted by Gasteiger charge is 2.10. The van der Waals surface area contributed by atoms with Gasteiger partial charge in [-0.3, -0.25) is 4.79 Å². The molecule has 0 spiro atoms. The number of methoxy groups -OCH3 is 1. The number of hydrogen-bond acceptors (Lipinski definition) is 5. The summed E-state index contributed by atoms with van der Waals surface area (Å²) in [5.74, 6) is 1.15. The van der Waals surface area contributed by atoms with E-state index in [-0.39, 0.29) is 12.0 Å². The number of nitrogens with zero attached hydrogens (tertiary/aromatic N) is 1. The number of ether oxygens (including phenoxy) is 2. The molecule has 0 fully saturated rings. The van der Waals surface area contributed by atoms with Crippen LogP contribution in [0.3, 0.4) is 0 Å². The zero-order valence-corrected chi connectivity index (χ0v) is 16.1. The van der Waals surface area contributed by atoms with E-state index >= 15 is 0 Å². The smallest absolute Gasteiger partial charge is 0.274 e. The number of hydrogen-bond donors (Lipinski definition) is 2. The molecule has 0 bridgehead atoms. The Morgan fingerprint density at radius 1 is 1.00 bits per heavy atom. The van der Waals surface area contributed by atoms with Crippen LogP contribution in [0.2, 0.25) is 0 Å². The van der Waals surface area contributed by atoms with Crippen LogP contribution in [-0.4, -0.2) is 24.1 Å². The molecule has 6 heteroatoms. The third kappa shape index (κ3) is 5.01. The molecule has 3 aromatic rings. The van der Waals surface area contributed by atoms with Gasteiger partial charge in [0.05, 0.1) is 30.8 Å². The van der Waals surface area contributed by atoms with Crippen molar-refractivity contribution in [3.63, 3.8) is 0 Å². The largest absolute Gasteiger partial charge is 0.497 e. The van der Waals surface area contributed by atoms with E-state index in [1.165, 1.54) is 0 Å². The van der Waals surface area contributed by atoms with Gasteiger partial charge in [0.15, 0.2) is 0 Å².